The van der Waals surface area contributed by atoms with Crippen LogP contribution < -0.4 is 0 Å². The number of hydrogen-bond acceptors (Lipinski definition) is 4. The predicted molar refractivity (Wildman–Crippen MR) is 71.2 cm³/mol. The number of hydrogen-bond donors (Lipinski definition) is 0. The van der Waals surface area contributed by atoms with Gasteiger partial charge in [-0.2, -0.15) is 0 Å². The number of rotatable bonds is 4. The maximum Gasteiger partial charge on any atom is 0.160 e. The highest BCUT2D eigenvalue weighted by Crippen LogP contribution is 2.25. The van der Waals surface area contributed by atoms with Crippen LogP contribution in [0.4, 0.5) is 0 Å². The number of ketones is 4. The molecule has 0 saturated carbocycles. The summed E-state index contributed by atoms with van der Waals surface area (Å²) in [6, 6.07) is 1.35. The van der Waals surface area contributed by atoms with Gasteiger partial charge in [-0.15, -0.1) is 0 Å². The van der Waals surface area contributed by atoms with Crippen molar-refractivity contribution >= 4 is 23.1 Å². The van der Waals surface area contributed by atoms with Gasteiger partial charge in [0.25, 0.3) is 0 Å². The van der Waals surface area contributed by atoms with Crippen LogP contribution in [0.25, 0.3) is 0 Å². The van der Waals surface area contributed by atoms with Crippen LogP contribution in [0.2, 0.25) is 0 Å². The van der Waals surface area contributed by atoms with Crippen LogP contribution in [-0.2, 0) is 0 Å². The predicted octanol–water partition coefficient (Wildman–Crippen LogP) is 2.81. The summed E-state index contributed by atoms with van der Waals surface area (Å²) in [6.45, 7) is 6.93. The highest BCUT2D eigenvalue weighted by atomic mass is 16.1. The number of carbonyl (C=O) groups excluding carboxylic acids is 4. The van der Waals surface area contributed by atoms with E-state index >= 15 is 0 Å². The molecule has 0 bridgehead atoms. The third kappa shape index (κ3) is 2.67. The third-order valence-corrected chi connectivity index (χ3v) is 3.04. The summed E-state index contributed by atoms with van der Waals surface area (Å²) in [5, 5.41) is 0. The third-order valence-electron chi connectivity index (χ3n) is 3.04. The van der Waals surface area contributed by atoms with E-state index in [1.807, 2.05) is 0 Å². The fraction of sp³-hybridized carbons (Fsp3) is 0.333. The van der Waals surface area contributed by atoms with Gasteiger partial charge in [0.1, 0.15) is 0 Å². The van der Waals surface area contributed by atoms with Gasteiger partial charge >= 0.3 is 0 Å². The molecule has 0 spiro atoms. The molecule has 0 saturated heterocycles. The molecule has 0 unspecified atom stereocenters. The van der Waals surface area contributed by atoms with E-state index < -0.39 is 0 Å². The summed E-state index contributed by atoms with van der Waals surface area (Å²) in [7, 11) is 0. The maximum absolute atomic E-state index is 11.7. The average molecular weight is 260 g/mol. The molecule has 0 aromatic heterocycles. The molecule has 1 rings (SSSR count). The van der Waals surface area contributed by atoms with Crippen LogP contribution in [0.1, 0.15) is 74.7 Å². The van der Waals surface area contributed by atoms with E-state index in [1.54, 1.807) is 6.92 Å². The molecule has 0 aliphatic rings. The van der Waals surface area contributed by atoms with Crippen LogP contribution in [-0.4, -0.2) is 23.1 Å². The van der Waals surface area contributed by atoms with Crippen molar-refractivity contribution in [1.82, 2.24) is 0 Å². The Kier molecular flexibility index (Phi) is 4.14. The van der Waals surface area contributed by atoms with Gasteiger partial charge in [0, 0.05) is 22.3 Å². The van der Waals surface area contributed by atoms with E-state index in [9.17, 15) is 19.2 Å². The molecular weight excluding hydrogens is 244 g/mol. The van der Waals surface area contributed by atoms with Crippen molar-refractivity contribution in [3.8, 4) is 0 Å². The van der Waals surface area contributed by atoms with Gasteiger partial charge in [-0.05, 0) is 46.2 Å². The summed E-state index contributed by atoms with van der Waals surface area (Å²) >= 11 is 0. The van der Waals surface area contributed by atoms with E-state index in [-0.39, 0.29) is 45.4 Å². The van der Waals surface area contributed by atoms with E-state index in [4.69, 9.17) is 0 Å². The fourth-order valence-electron chi connectivity index (χ4n) is 2.28. The molecule has 0 aliphatic carbocycles. The van der Waals surface area contributed by atoms with Gasteiger partial charge in [0.15, 0.2) is 23.1 Å². The molecule has 1 aromatic carbocycles. The van der Waals surface area contributed by atoms with Gasteiger partial charge < -0.3 is 0 Å². The molecule has 0 amide bonds. The lowest BCUT2D eigenvalue weighted by atomic mass is 9.86. The zero-order chi connectivity index (χ0) is 14.9. The maximum atomic E-state index is 11.7. The first-order valence-electron chi connectivity index (χ1n) is 5.89. The molecule has 0 aliphatic heterocycles. The zero-order valence-corrected chi connectivity index (χ0v) is 11.7. The Balaban J connectivity index is 3.91. The second-order valence-electron chi connectivity index (χ2n) is 4.57. The highest BCUT2D eigenvalue weighted by molar-refractivity contribution is 6.15. The second kappa shape index (κ2) is 5.26. The largest absolute Gasteiger partial charge is 0.294 e. The van der Waals surface area contributed by atoms with Crippen molar-refractivity contribution in [1.29, 1.82) is 0 Å². The monoisotopic (exact) mass is 260 g/mol. The Morgan fingerprint density at radius 3 is 1.21 bits per heavy atom. The quantitative estimate of drug-likeness (QED) is 0.780. The number of Topliss-reactive ketones (excluding diaryl/α,β-unsaturated/α-hetero) is 4. The van der Waals surface area contributed by atoms with E-state index in [1.165, 1.54) is 33.8 Å². The first kappa shape index (κ1) is 15.0. The van der Waals surface area contributed by atoms with Crippen LogP contribution in [0, 0.1) is 6.92 Å². The Hall–Kier alpha value is -2.10. The smallest absolute Gasteiger partial charge is 0.160 e. The Labute approximate surface area is 111 Å². The summed E-state index contributed by atoms with van der Waals surface area (Å²) < 4.78 is 0. The van der Waals surface area contributed by atoms with Crippen LogP contribution in [0.5, 0.6) is 0 Å². The summed E-state index contributed by atoms with van der Waals surface area (Å²) in [5.74, 6) is -1.18. The zero-order valence-electron chi connectivity index (χ0n) is 11.7. The van der Waals surface area contributed by atoms with Crippen molar-refractivity contribution in [3.05, 3.63) is 33.9 Å². The molecule has 0 N–H and O–H groups in total. The molecular formula is C15H16O4. The topological polar surface area (TPSA) is 68.3 Å². The normalized spacial score (nSPS) is 10.2. The van der Waals surface area contributed by atoms with Crippen molar-refractivity contribution in [2.75, 3.05) is 0 Å². The summed E-state index contributed by atoms with van der Waals surface area (Å²) in [6.07, 6.45) is 0. The van der Waals surface area contributed by atoms with Crippen molar-refractivity contribution in [2.24, 2.45) is 0 Å². The van der Waals surface area contributed by atoms with Gasteiger partial charge in [0.2, 0.25) is 0 Å². The molecule has 0 radical (unpaired) electrons. The Morgan fingerprint density at radius 1 is 0.684 bits per heavy atom. The summed E-state index contributed by atoms with van der Waals surface area (Å²) in [4.78, 5) is 46.7. The van der Waals surface area contributed by atoms with Crippen molar-refractivity contribution < 1.29 is 19.2 Å². The minimum atomic E-state index is -0.300. The first-order chi connectivity index (χ1) is 8.68. The molecule has 1 aromatic rings. The minimum absolute atomic E-state index is 0.195. The molecule has 19 heavy (non-hydrogen) atoms. The lowest BCUT2D eigenvalue weighted by molar-refractivity contribution is 0.0969. The van der Waals surface area contributed by atoms with Crippen molar-refractivity contribution in [2.45, 2.75) is 34.6 Å². The molecule has 4 heteroatoms. The van der Waals surface area contributed by atoms with Gasteiger partial charge in [0.05, 0.1) is 0 Å². The van der Waals surface area contributed by atoms with E-state index in [0.29, 0.717) is 5.56 Å². The highest BCUT2D eigenvalue weighted by Gasteiger charge is 2.23. The van der Waals surface area contributed by atoms with Crippen LogP contribution in [0.3, 0.4) is 0 Å². The Morgan fingerprint density at radius 2 is 1.00 bits per heavy atom. The van der Waals surface area contributed by atoms with Crippen LogP contribution >= 0.6 is 0 Å². The van der Waals surface area contributed by atoms with Gasteiger partial charge in [-0.1, -0.05) is 0 Å². The second-order valence-corrected chi connectivity index (χ2v) is 4.57. The molecule has 0 atom stereocenters. The standard InChI is InChI=1S/C15H16O4/c1-7-14(10(4)18)12(8(2)16)6-13(9(3)17)15(7)11(5)19/h6H,1-5H3. The van der Waals surface area contributed by atoms with Gasteiger partial charge in [-0.3, -0.25) is 19.2 Å². The lowest BCUT2D eigenvalue weighted by Gasteiger charge is -2.15. The molecule has 0 heterocycles. The van der Waals surface area contributed by atoms with E-state index in [0.717, 1.165) is 0 Å². The first-order valence-corrected chi connectivity index (χ1v) is 5.89. The number of benzene rings is 1. The summed E-state index contributed by atoms with van der Waals surface area (Å²) in [5.41, 5.74) is 1.24. The van der Waals surface area contributed by atoms with Gasteiger partial charge in [-0.25, -0.2) is 0 Å². The molecule has 4 nitrogen and oxygen atoms in total. The minimum Gasteiger partial charge on any atom is -0.294 e. The lowest BCUT2D eigenvalue weighted by Crippen LogP contribution is -2.15. The number of carbonyl (C=O) groups is 4. The average Bonchev–Trinajstić information content (AvgIpc) is 2.25. The van der Waals surface area contributed by atoms with Crippen molar-refractivity contribution in [3.63, 3.8) is 0 Å². The fourth-order valence-corrected chi connectivity index (χ4v) is 2.28. The molecule has 100 valence electrons. The SMILES string of the molecule is CC(=O)c1cc(C(C)=O)c(C(C)=O)c(C)c1C(C)=O. The Bertz CT molecular complexity index is 559. The van der Waals surface area contributed by atoms with E-state index in [2.05, 4.69) is 0 Å². The molecule has 0 fully saturated rings. The van der Waals surface area contributed by atoms with Crippen LogP contribution in [0.15, 0.2) is 6.07 Å².